The molecule has 0 unspecified atom stereocenters. The molecule has 3 rings (SSSR count). The molecule has 0 aliphatic heterocycles. The molecule has 2 nitrogen and oxygen atoms in total. The van der Waals surface area contributed by atoms with Gasteiger partial charge in [-0.3, -0.25) is 4.79 Å². The Morgan fingerprint density at radius 3 is 2.59 bits per heavy atom. The number of aromatic nitrogens is 1. The van der Waals surface area contributed by atoms with Gasteiger partial charge in [0, 0.05) is 26.8 Å². The number of hydrogen-bond donors (Lipinski definition) is 0. The first kappa shape index (κ1) is 16.7. The number of benzene rings is 2. The Kier molecular flexibility index (Phi) is 5.36. The normalized spacial score (nSPS) is 10.5. The van der Waals surface area contributed by atoms with E-state index >= 15 is 0 Å². The largest absolute Gasteiger partial charge is 0.361 e. The van der Waals surface area contributed by atoms with Crippen LogP contribution in [0.5, 0.6) is 0 Å². The molecule has 3 heteroatoms. The van der Waals surface area contributed by atoms with Crippen molar-refractivity contribution in [3.63, 3.8) is 0 Å². The van der Waals surface area contributed by atoms with Gasteiger partial charge in [-0.2, -0.15) is 18.2 Å². The van der Waals surface area contributed by atoms with Gasteiger partial charge in [-0.25, -0.2) is 0 Å². The van der Waals surface area contributed by atoms with Crippen LogP contribution in [0.2, 0.25) is 0 Å². The molecule has 0 N–H and O–H groups in total. The molecule has 22 heavy (non-hydrogen) atoms. The van der Waals surface area contributed by atoms with Crippen LogP contribution in [-0.4, -0.2) is 10.4 Å². The zero-order valence-electron chi connectivity index (χ0n) is 12.8. The van der Waals surface area contributed by atoms with Crippen molar-refractivity contribution >= 4 is 16.7 Å². The van der Waals surface area contributed by atoms with Crippen molar-refractivity contribution in [2.45, 2.75) is 26.8 Å². The van der Waals surface area contributed by atoms with Crippen molar-refractivity contribution in [2.75, 3.05) is 0 Å². The minimum Gasteiger partial charge on any atom is -0.361 e. The van der Waals surface area contributed by atoms with E-state index in [2.05, 4.69) is 41.8 Å². The van der Waals surface area contributed by atoms with Crippen LogP contribution in [0.1, 0.15) is 23.7 Å². The van der Waals surface area contributed by atoms with Crippen molar-refractivity contribution in [1.82, 2.24) is 4.57 Å². The number of carbonyl (C=O) groups is 1. The molecule has 2 aromatic carbocycles. The number of rotatable bonds is 4. The predicted octanol–water partition coefficient (Wildman–Crippen LogP) is 3.93. The monoisotopic (exact) mass is 460 g/mol. The fraction of sp³-hybridized carbons (Fsp3) is 0.211. The maximum Gasteiger partial charge on any atom is 0.149 e. The van der Waals surface area contributed by atoms with Crippen LogP contribution in [0, 0.1) is 13.0 Å². The van der Waals surface area contributed by atoms with Crippen molar-refractivity contribution < 1.29 is 25.9 Å². The summed E-state index contributed by atoms with van der Waals surface area (Å²) in [5.41, 5.74) is 4.86. The van der Waals surface area contributed by atoms with E-state index < -0.39 is 0 Å². The van der Waals surface area contributed by atoms with Crippen LogP contribution in [0.25, 0.3) is 10.9 Å². The molecular formula is C19H18NOW-. The number of hydrogen-bond acceptors (Lipinski definition) is 1. The van der Waals surface area contributed by atoms with E-state index in [4.69, 9.17) is 0 Å². The first-order chi connectivity index (χ1) is 10.2. The van der Waals surface area contributed by atoms with E-state index in [0.717, 1.165) is 11.9 Å². The van der Waals surface area contributed by atoms with Gasteiger partial charge in [-0.05, 0) is 25.8 Å². The van der Waals surface area contributed by atoms with Crippen LogP contribution in [0.4, 0.5) is 0 Å². The Bertz CT molecular complexity index is 790. The summed E-state index contributed by atoms with van der Waals surface area (Å²) in [6.07, 6.45) is 0.881. The van der Waals surface area contributed by atoms with Crippen molar-refractivity contribution in [2.24, 2.45) is 0 Å². The quantitative estimate of drug-likeness (QED) is 0.542. The van der Waals surface area contributed by atoms with Gasteiger partial charge in [0.15, 0.2) is 0 Å². The van der Waals surface area contributed by atoms with E-state index in [0.29, 0.717) is 6.54 Å². The first-order valence-corrected chi connectivity index (χ1v) is 7.18. The Labute approximate surface area is 145 Å². The van der Waals surface area contributed by atoms with Crippen molar-refractivity contribution in [1.29, 1.82) is 0 Å². The molecule has 0 atom stereocenters. The molecule has 0 radical (unpaired) electrons. The van der Waals surface area contributed by atoms with Crippen LogP contribution in [0.15, 0.2) is 48.5 Å². The van der Waals surface area contributed by atoms with Crippen LogP contribution in [0.3, 0.4) is 0 Å². The maximum atomic E-state index is 11.5. The van der Waals surface area contributed by atoms with Crippen molar-refractivity contribution in [3.8, 4) is 0 Å². The third-order valence-corrected chi connectivity index (χ3v) is 3.90. The summed E-state index contributed by atoms with van der Waals surface area (Å²) in [4.78, 5) is 11.5. The molecular weight excluding hydrogens is 442 g/mol. The van der Waals surface area contributed by atoms with Crippen LogP contribution in [-0.2, 0) is 38.8 Å². The van der Waals surface area contributed by atoms with Crippen molar-refractivity contribution in [3.05, 3.63) is 71.4 Å². The van der Waals surface area contributed by atoms with Gasteiger partial charge in [0.2, 0.25) is 0 Å². The second kappa shape index (κ2) is 7.07. The van der Waals surface area contributed by atoms with Gasteiger partial charge < -0.3 is 4.57 Å². The fourth-order valence-corrected chi connectivity index (χ4v) is 2.89. The molecule has 1 heterocycles. The zero-order chi connectivity index (χ0) is 14.8. The van der Waals surface area contributed by atoms with Gasteiger partial charge in [0.05, 0.1) is 6.54 Å². The number of ketones is 1. The topological polar surface area (TPSA) is 22.0 Å². The maximum absolute atomic E-state index is 11.5. The van der Waals surface area contributed by atoms with Crippen LogP contribution >= 0.6 is 0 Å². The smallest absolute Gasteiger partial charge is 0.149 e. The number of fused-ring (bicyclic) bond motifs is 1. The Morgan fingerprint density at radius 1 is 1.18 bits per heavy atom. The Hall–Kier alpha value is -1.66. The molecule has 0 amide bonds. The minimum atomic E-state index is 0. The number of nitrogens with zero attached hydrogens (tertiary/aromatic N) is 1. The first-order valence-electron chi connectivity index (χ1n) is 7.18. The Balaban J connectivity index is 0.00000176. The van der Waals surface area contributed by atoms with E-state index in [1.165, 1.54) is 22.2 Å². The molecule has 0 bridgehead atoms. The second-order valence-corrected chi connectivity index (χ2v) is 5.46. The third kappa shape index (κ3) is 3.23. The molecule has 0 fully saturated rings. The molecule has 0 saturated carbocycles. The second-order valence-electron chi connectivity index (χ2n) is 5.46. The van der Waals surface area contributed by atoms with Gasteiger partial charge in [0.25, 0.3) is 0 Å². The molecule has 0 saturated heterocycles. The average molecular weight is 460 g/mol. The summed E-state index contributed by atoms with van der Waals surface area (Å²) in [7, 11) is 0. The van der Waals surface area contributed by atoms with E-state index in [1.807, 2.05) is 24.3 Å². The molecule has 3 aromatic rings. The molecule has 112 valence electrons. The molecule has 1 aromatic heterocycles. The van der Waals surface area contributed by atoms with E-state index in [1.54, 1.807) is 6.92 Å². The summed E-state index contributed by atoms with van der Waals surface area (Å²) < 4.78 is 2.11. The summed E-state index contributed by atoms with van der Waals surface area (Å²) in [5, 5.41) is 1.19. The summed E-state index contributed by atoms with van der Waals surface area (Å²) in [6, 6.07) is 19.6. The van der Waals surface area contributed by atoms with Gasteiger partial charge in [-0.1, -0.05) is 41.4 Å². The SMILES string of the molecule is CC(=O)Cn1c(C)c(Cc2ccccc2)c2c[c-]ccc21.[W]. The third-order valence-electron chi connectivity index (χ3n) is 3.90. The summed E-state index contributed by atoms with van der Waals surface area (Å²) in [6.45, 7) is 4.17. The van der Waals surface area contributed by atoms with Gasteiger partial charge in [0.1, 0.15) is 5.78 Å². The average Bonchev–Trinajstić information content (AvgIpc) is 2.74. The standard InChI is InChI=1S/C19H18NO.W/c1-14(21)13-20-15(2)18(12-16-8-4-3-5-9-16)17-10-6-7-11-19(17)20;/h3-5,7-11H,12-13H2,1-2H3;/q-1;. The fourth-order valence-electron chi connectivity index (χ4n) is 2.89. The van der Waals surface area contributed by atoms with E-state index in [-0.39, 0.29) is 26.8 Å². The van der Waals surface area contributed by atoms with Crippen LogP contribution < -0.4 is 0 Å². The van der Waals surface area contributed by atoms with Gasteiger partial charge >= 0.3 is 0 Å². The summed E-state index contributed by atoms with van der Waals surface area (Å²) >= 11 is 0. The zero-order valence-corrected chi connectivity index (χ0v) is 15.7. The minimum absolute atomic E-state index is 0. The summed E-state index contributed by atoms with van der Waals surface area (Å²) in [5.74, 6) is 0.175. The Morgan fingerprint density at radius 2 is 1.91 bits per heavy atom. The van der Waals surface area contributed by atoms with Gasteiger partial charge in [-0.15, -0.1) is 11.5 Å². The predicted molar refractivity (Wildman–Crippen MR) is 85.4 cm³/mol. The number of Topliss-reactive ketones (excluding diaryl/α,β-unsaturated/α-hetero) is 1. The number of carbonyl (C=O) groups excluding carboxylic acids is 1. The molecule has 0 aliphatic rings. The molecule has 0 aliphatic carbocycles. The van der Waals surface area contributed by atoms with E-state index in [9.17, 15) is 4.79 Å². The molecule has 0 spiro atoms.